The van der Waals surface area contributed by atoms with E-state index in [1.54, 1.807) is 0 Å². The second-order valence-electron chi connectivity index (χ2n) is 28.7. The first-order valence-electron chi connectivity index (χ1n) is 29.6. The van der Waals surface area contributed by atoms with Crippen molar-refractivity contribution in [2.24, 2.45) is 105 Å². The summed E-state index contributed by atoms with van der Waals surface area (Å²) < 4.78 is 46.8. The molecule has 9 rings (SSSR count). The van der Waals surface area contributed by atoms with Crippen LogP contribution < -0.4 is 51.4 Å². The largest absolute Gasteiger partial charge is 1.00 e. The summed E-state index contributed by atoms with van der Waals surface area (Å²) >= 11 is 0. The molecular formula is C63H102F3KO6. The Labute approximate surface area is 484 Å². The third-order valence-electron chi connectivity index (χ3n) is 24.3. The Kier molecular flexibility index (Phi) is 20.1. The van der Waals surface area contributed by atoms with Crippen LogP contribution in [0.25, 0.3) is 0 Å². The molecule has 1 aromatic rings. The molecule has 0 saturated heterocycles. The van der Waals surface area contributed by atoms with Crippen molar-refractivity contribution >= 4 is 5.97 Å². The number of rotatable bonds is 12. The minimum absolute atomic E-state index is 0. The van der Waals surface area contributed by atoms with Crippen molar-refractivity contribution in [1.82, 2.24) is 0 Å². The molecule has 8 aliphatic rings. The molecule has 0 bridgehead atoms. The Morgan fingerprint density at radius 1 is 0.589 bits per heavy atom. The molecule has 20 atom stereocenters. The molecule has 0 aromatic heterocycles. The molecular weight excluding hydrogens is 949 g/mol. The van der Waals surface area contributed by atoms with Gasteiger partial charge in [0.2, 0.25) is 0 Å². The van der Waals surface area contributed by atoms with Crippen LogP contribution in [0.3, 0.4) is 0 Å². The van der Waals surface area contributed by atoms with Crippen LogP contribution in [0.2, 0.25) is 0 Å². The van der Waals surface area contributed by atoms with E-state index in [2.05, 4.69) is 76.2 Å². The Morgan fingerprint density at radius 2 is 1.05 bits per heavy atom. The maximum absolute atomic E-state index is 13.6. The van der Waals surface area contributed by atoms with Gasteiger partial charge in [0.05, 0.1) is 17.3 Å². The number of esters is 1. The second-order valence-corrected chi connectivity index (χ2v) is 28.7. The van der Waals surface area contributed by atoms with Crippen LogP contribution in [0.4, 0.5) is 13.2 Å². The Morgan fingerprint density at radius 3 is 1.53 bits per heavy atom. The molecule has 8 saturated carbocycles. The van der Waals surface area contributed by atoms with Gasteiger partial charge in [-0.15, -0.1) is 0 Å². The summed E-state index contributed by atoms with van der Waals surface area (Å²) in [5.41, 5.74) is -1.12. The molecule has 73 heavy (non-hydrogen) atoms. The Hall–Kier alpha value is -0.0436. The van der Waals surface area contributed by atoms with Gasteiger partial charge in [-0.3, -0.25) is 0 Å². The molecule has 0 unspecified atom stereocenters. The summed E-state index contributed by atoms with van der Waals surface area (Å²) in [5.74, 6) is 8.29. The number of ether oxygens (including phenoxy) is 1. The normalized spacial score (nSPS) is 43.4. The zero-order valence-electron chi connectivity index (χ0n) is 47.9. The second kappa shape index (κ2) is 23.6. The first-order chi connectivity index (χ1) is 33.2. The van der Waals surface area contributed by atoms with Crippen molar-refractivity contribution < 1.29 is 94.9 Å². The monoisotopic (exact) mass is 1050 g/mol. The van der Waals surface area contributed by atoms with E-state index in [4.69, 9.17) is 4.74 Å². The van der Waals surface area contributed by atoms with E-state index in [1.165, 1.54) is 64.2 Å². The number of hydrogen-bond acceptors (Lipinski definition) is 6. The summed E-state index contributed by atoms with van der Waals surface area (Å²) in [6.45, 7) is 25.5. The van der Waals surface area contributed by atoms with Crippen molar-refractivity contribution in [3.8, 4) is 0 Å². The van der Waals surface area contributed by atoms with Gasteiger partial charge < -0.3 is 25.5 Å². The van der Waals surface area contributed by atoms with Gasteiger partial charge >= 0.3 is 63.5 Å². The number of fused-ring (bicyclic) bond motifs is 10. The van der Waals surface area contributed by atoms with E-state index < -0.39 is 17.4 Å². The SMILES string of the molecule is CC(C)[C@@H](O)CC[C@@H](C)[C@H]1CC[C@H]2[C@@H]3CC[C@H]4C[C@](O)(C(F)(F)F)CC[C@]4(C)[C@H]3CC[C@]12C.CC(C)[C@H](CC[C@@H](C)[C@H]1CC[C@H]2[C@@H]3CC[C@H]4C[C@@](C)(O)CC[C@]4(C)[C@H]3CC[C@]12C)OC(=O)c1ccccc1.[K+].[OH-]. The van der Waals surface area contributed by atoms with E-state index >= 15 is 0 Å². The minimum Gasteiger partial charge on any atom is -0.870 e. The molecule has 412 valence electrons. The van der Waals surface area contributed by atoms with Crippen molar-refractivity contribution in [2.45, 2.75) is 247 Å². The first-order valence-corrected chi connectivity index (χ1v) is 29.6. The molecule has 1 aromatic carbocycles. The standard InChI is InChI=1S/C35H54O3.C28H47F3O2.K.H2O/c1-23(2)31(38-32(36)25-10-8-7-9-11-25)17-12-24(3)28-15-16-29-27-14-13-26-22-33(4,37)20-21-34(26,5)30(27)18-19-35(28,29)6;1-17(2)24(32)11-6-18(3)21-9-10-22-20-8-7-19-16-27(33,28(29,30)31)15-14-25(19,4)23(20)12-13-26(21,22)5;;/h7-11,23-24,26-31,37H,12-22H2,1-6H3;17-24,32-33H,6-16H2,1-5H3;;1H2/q;;+1;/p-1/t24-,26+,27+,28-,29+,30+,31+,33+,34+,35-;18-,19+,20+,21-,22+,23+,24+,25+,26-,27+;;/m11../s1. The molecule has 0 heterocycles. The number of hydrogen-bond donors (Lipinski definition) is 3. The minimum atomic E-state index is -4.52. The predicted octanol–water partition coefficient (Wildman–Crippen LogP) is 12.9. The van der Waals surface area contributed by atoms with Crippen molar-refractivity contribution in [1.29, 1.82) is 0 Å². The van der Waals surface area contributed by atoms with Gasteiger partial charge in [-0.25, -0.2) is 4.79 Å². The fourth-order valence-electron chi connectivity index (χ4n) is 19.8. The van der Waals surface area contributed by atoms with Crippen molar-refractivity contribution in [3.05, 3.63) is 35.9 Å². The van der Waals surface area contributed by atoms with Gasteiger partial charge in [-0.05, 0) is 265 Å². The third kappa shape index (κ3) is 12.0. The summed E-state index contributed by atoms with van der Waals surface area (Å²) in [5, 5.41) is 31.5. The zero-order valence-corrected chi connectivity index (χ0v) is 51.0. The average Bonchev–Trinajstić information content (AvgIpc) is 3.86. The van der Waals surface area contributed by atoms with Crippen LogP contribution in [-0.4, -0.2) is 56.4 Å². The zero-order chi connectivity index (χ0) is 51.7. The van der Waals surface area contributed by atoms with Crippen LogP contribution >= 0.6 is 0 Å². The van der Waals surface area contributed by atoms with Crippen LogP contribution in [0.1, 0.15) is 228 Å². The van der Waals surface area contributed by atoms with Gasteiger partial charge in [0, 0.05) is 0 Å². The topological polar surface area (TPSA) is 117 Å². The quantitative estimate of drug-likeness (QED) is 0.142. The van der Waals surface area contributed by atoms with E-state index in [0.29, 0.717) is 81.5 Å². The molecule has 8 fully saturated rings. The maximum Gasteiger partial charge on any atom is 1.00 e. The fourth-order valence-corrected chi connectivity index (χ4v) is 19.8. The van der Waals surface area contributed by atoms with Gasteiger partial charge in [0.1, 0.15) is 6.10 Å². The first kappa shape index (κ1) is 62.2. The van der Waals surface area contributed by atoms with Crippen LogP contribution in [-0.2, 0) is 4.74 Å². The van der Waals surface area contributed by atoms with E-state index in [0.717, 1.165) is 81.5 Å². The van der Waals surface area contributed by atoms with Crippen LogP contribution in [0, 0.1) is 105 Å². The Bertz CT molecular complexity index is 1960. The van der Waals surface area contributed by atoms with Gasteiger partial charge in [0.25, 0.3) is 0 Å². The van der Waals surface area contributed by atoms with Crippen molar-refractivity contribution in [3.63, 3.8) is 0 Å². The number of alkyl halides is 3. The molecule has 10 heteroatoms. The van der Waals surface area contributed by atoms with Crippen molar-refractivity contribution in [2.75, 3.05) is 0 Å². The van der Waals surface area contributed by atoms with Crippen LogP contribution in [0.15, 0.2) is 30.3 Å². The number of aliphatic hydroxyl groups is 3. The number of carbonyl (C=O) groups is 1. The number of carbonyl (C=O) groups excluding carboxylic acids is 1. The van der Waals surface area contributed by atoms with Gasteiger partial charge in [0.15, 0.2) is 5.60 Å². The number of aliphatic hydroxyl groups excluding tert-OH is 1. The molecule has 0 amide bonds. The molecule has 0 spiro atoms. The van der Waals surface area contributed by atoms with Crippen LogP contribution in [0.5, 0.6) is 0 Å². The molecule has 0 aliphatic heterocycles. The summed E-state index contributed by atoms with van der Waals surface area (Å²) in [4.78, 5) is 12.8. The van der Waals surface area contributed by atoms with E-state index in [1.807, 2.05) is 30.3 Å². The smallest absolute Gasteiger partial charge is 0.870 e. The molecule has 4 N–H and O–H groups in total. The maximum atomic E-state index is 13.6. The number of halogens is 3. The fraction of sp³-hybridized carbons (Fsp3) is 0.889. The van der Waals surface area contributed by atoms with E-state index in [9.17, 15) is 33.3 Å². The summed E-state index contributed by atoms with van der Waals surface area (Å²) in [6, 6.07) is 9.44. The molecule has 8 aliphatic carbocycles. The Balaban J connectivity index is 0.000000234. The van der Waals surface area contributed by atoms with Gasteiger partial charge in [-0.1, -0.05) is 87.4 Å². The number of benzene rings is 1. The third-order valence-corrected chi connectivity index (χ3v) is 24.3. The predicted molar refractivity (Wildman–Crippen MR) is 282 cm³/mol. The molecule has 6 nitrogen and oxygen atoms in total. The van der Waals surface area contributed by atoms with E-state index in [-0.39, 0.29) is 99.2 Å². The van der Waals surface area contributed by atoms with Gasteiger partial charge in [-0.2, -0.15) is 13.2 Å². The summed E-state index contributed by atoms with van der Waals surface area (Å²) in [6.07, 6.45) is 17.7. The molecule has 0 radical (unpaired) electrons. The summed E-state index contributed by atoms with van der Waals surface area (Å²) in [7, 11) is 0. The average molecular weight is 1050 g/mol.